The maximum absolute atomic E-state index is 8.11. The van der Waals surface area contributed by atoms with Crippen LogP contribution in [-0.2, 0) is 0 Å². The maximum Gasteiger partial charge on any atom is 1.00 e. The molecule has 3 N–H and O–H groups in total. The second-order valence-electron chi connectivity index (χ2n) is 0.0816. The molecule has 4 nitrogen and oxygen atoms in total. The van der Waals surface area contributed by atoms with Crippen LogP contribution >= 0.6 is 10.0 Å². The van der Waals surface area contributed by atoms with Crippen molar-refractivity contribution in [3.8, 4) is 0 Å². The maximum atomic E-state index is 8.11. The molecule has 2 radical (unpaired) electrons. The first-order chi connectivity index (χ1) is 2.41. The second-order valence-corrected chi connectivity index (χ2v) is 0.0816. The van der Waals surface area contributed by atoms with Gasteiger partial charge in [0.2, 0.25) is 0 Å². The molecule has 0 saturated heterocycles. The monoisotopic (exact) mass is 175 g/mol. The third kappa shape index (κ3) is 88.6. The average Bonchev–Trinajstić information content (AvgIpc) is 1.46. The smallest absolute Gasteiger partial charge is 1.00 e. The van der Waals surface area contributed by atoms with Crippen molar-refractivity contribution in [1.29, 1.82) is 0 Å². The van der Waals surface area contributed by atoms with Crippen LogP contribution in [-0.4, -0.2) is 26.1 Å². The summed E-state index contributed by atoms with van der Waals surface area (Å²) >= 11 is 1.89. The minimum Gasteiger partial charge on any atom is -1.00 e. The van der Waals surface area contributed by atoms with Crippen LogP contribution in [0, 0.1) is 4.91 Å². The first-order valence-electron chi connectivity index (χ1n) is 0.601. The Balaban J connectivity index is -0.00000000246. The summed E-state index contributed by atoms with van der Waals surface area (Å²) in [6.45, 7) is 0. The summed E-state index contributed by atoms with van der Waals surface area (Å²) in [7, 11) is 4.56. The molecule has 0 fully saturated rings. The summed E-state index contributed by atoms with van der Waals surface area (Å²) in [5.41, 5.74) is 0. The Morgan fingerprint density at radius 2 is 1.50 bits per heavy atom. The van der Waals surface area contributed by atoms with Crippen molar-refractivity contribution >= 4 is 25.4 Å². The fraction of sp³-hybridized carbons (Fsp3) is 0. The van der Waals surface area contributed by atoms with Crippen molar-refractivity contribution in [3.05, 3.63) is 4.91 Å². The molecule has 40 valence electrons. The zero-order valence-corrected chi connectivity index (χ0v) is 10.7. The first-order valence-corrected chi connectivity index (χ1v) is 2.35. The van der Waals surface area contributed by atoms with E-state index in [0.717, 1.165) is 0 Å². The summed E-state index contributed by atoms with van der Waals surface area (Å²) < 4.78 is 0. The molecule has 8 heavy (non-hydrogen) atoms. The molecule has 0 unspecified atom stereocenters. The predicted octanol–water partition coefficient (Wildman–Crippen LogP) is -6.14. The molecule has 0 atom stereocenters. The van der Waals surface area contributed by atoms with E-state index in [0.29, 0.717) is 0 Å². The van der Waals surface area contributed by atoms with Gasteiger partial charge in [-0.2, -0.15) is 0 Å². The summed E-state index contributed by atoms with van der Waals surface area (Å²) in [6.07, 6.45) is 0. The number of halogens is 1. The Hall–Kier alpha value is 2.18. The molecule has 8 heteroatoms. The van der Waals surface area contributed by atoms with Gasteiger partial charge in [-0.15, -0.1) is 4.91 Å². The predicted molar refractivity (Wildman–Crippen MR) is 25.0 cm³/mol. The van der Waals surface area contributed by atoms with Crippen molar-refractivity contribution in [2.24, 2.45) is 5.34 Å². The van der Waals surface area contributed by atoms with Gasteiger partial charge in [-0.25, -0.2) is 0 Å². The van der Waals surface area contributed by atoms with Crippen LogP contribution in [0.15, 0.2) is 5.34 Å². The van der Waals surface area contributed by atoms with Crippen molar-refractivity contribution in [1.82, 2.24) is 0 Å². The molecule has 0 aromatic rings. The fourth-order valence-electron chi connectivity index (χ4n) is 0. The number of hydrogen-bond donors (Lipinski definition) is 1. The van der Waals surface area contributed by atoms with Gasteiger partial charge in [-0.1, -0.05) is 0 Å². The summed E-state index contributed by atoms with van der Waals surface area (Å²) in [5, 5.41) is 7.89. The minimum absolute atomic E-state index is 0. The molecule has 0 aromatic heterocycles. The summed E-state index contributed by atoms with van der Waals surface area (Å²) in [4.78, 5) is 8.11. The van der Waals surface area contributed by atoms with Crippen molar-refractivity contribution < 1.29 is 72.7 Å². The molecule has 0 rings (SSSR count). The Morgan fingerprint density at radius 3 is 1.50 bits per heavy atom. The van der Waals surface area contributed by atoms with Crippen LogP contribution in [0.2, 0.25) is 0 Å². The molecule has 0 saturated carbocycles. The normalized spacial score (nSPS) is 2.12. The molecule has 0 heterocycles. The zero-order valence-electron chi connectivity index (χ0n) is 6.76. The van der Waals surface area contributed by atoms with Gasteiger partial charge in [0.05, 0.1) is 0 Å². The van der Waals surface area contributed by atoms with E-state index in [-0.39, 0.29) is 67.4 Å². The van der Waals surface area contributed by atoms with Crippen LogP contribution in [0.4, 0.5) is 0 Å². The number of hydrogen-bond acceptors (Lipinski definition) is 2. The van der Waals surface area contributed by atoms with E-state index in [4.69, 9.17) is 10.1 Å². The van der Waals surface area contributed by atoms with Gasteiger partial charge in [-0.3, -0.25) is 10.0 Å². The largest absolute Gasteiger partial charge is 1.00 e. The van der Waals surface area contributed by atoms with Gasteiger partial charge in [0.1, 0.15) is 0 Å². The Kier molecular flexibility index (Phi) is 243. The van der Waals surface area contributed by atoms with E-state index in [9.17, 15) is 0 Å². The Labute approximate surface area is 107 Å². The van der Waals surface area contributed by atoms with Crippen LogP contribution < -0.4 is 59.1 Å². The molecule has 0 aliphatic heterocycles. The van der Waals surface area contributed by atoms with Crippen LogP contribution in [0.5, 0.6) is 0 Å². The third-order valence-electron chi connectivity index (χ3n) is 0. The van der Waals surface area contributed by atoms with E-state index in [1.807, 2.05) is 15.4 Å². The third-order valence-corrected chi connectivity index (χ3v) is 0. The van der Waals surface area contributed by atoms with Gasteiger partial charge in [0, 0.05) is 0 Å². The van der Waals surface area contributed by atoms with E-state index < -0.39 is 0 Å². The first kappa shape index (κ1) is 32.0. The number of nitrogens with zero attached hydrogens (tertiary/aromatic N) is 1. The standard InChI is InChI=1S/Al.ClH.HNO2.2Na.H2O.2H/c;;2-1-3;;;;;/h;1H;(H,2,3);;;1H2;;/q+1;;;2*+1;;2*-1/p-1. The van der Waals surface area contributed by atoms with Crippen molar-refractivity contribution in [2.75, 3.05) is 0 Å². The van der Waals surface area contributed by atoms with Crippen molar-refractivity contribution in [2.45, 2.75) is 0 Å². The number of rotatable bonds is 0. The van der Waals surface area contributed by atoms with E-state index in [2.05, 4.69) is 10.0 Å². The van der Waals surface area contributed by atoms with E-state index in [1.165, 1.54) is 5.34 Å². The van der Waals surface area contributed by atoms with E-state index >= 15 is 0 Å². The van der Waals surface area contributed by atoms with Crippen LogP contribution in [0.25, 0.3) is 0 Å². The van der Waals surface area contributed by atoms with Crippen LogP contribution in [0.3, 0.4) is 0 Å². The van der Waals surface area contributed by atoms with Gasteiger partial charge >= 0.3 is 59.1 Å². The molecule has 0 bridgehead atoms. The molecule has 0 aromatic carbocycles. The topological polar surface area (TPSA) is 81.2 Å². The van der Waals surface area contributed by atoms with Gasteiger partial charge in [-0.05, 0) is 0 Å². The molecule has 0 spiro atoms. The second kappa shape index (κ2) is 60.7. The van der Waals surface area contributed by atoms with Gasteiger partial charge < -0.3 is 13.5 Å². The van der Waals surface area contributed by atoms with E-state index in [1.54, 1.807) is 0 Å². The molecule has 0 amide bonds. The van der Waals surface area contributed by atoms with Gasteiger partial charge in [0.15, 0.2) is 5.34 Å². The Morgan fingerprint density at radius 1 is 1.50 bits per heavy atom. The molecular weight excluding hydrogens is 170 g/mol. The SMILES string of the molecule is O.O=NO.[Al][Cl].[H-].[H-].[Na+].[Na+]. The minimum atomic E-state index is 0. The van der Waals surface area contributed by atoms with Crippen LogP contribution in [0.1, 0.15) is 2.85 Å². The summed E-state index contributed by atoms with van der Waals surface area (Å²) in [6, 6.07) is 0. The Bertz CT molecular complexity index is 32.0. The summed E-state index contributed by atoms with van der Waals surface area (Å²) in [5.74, 6) is 0. The van der Waals surface area contributed by atoms with Gasteiger partial charge in [0.25, 0.3) is 15.4 Å². The quantitative estimate of drug-likeness (QED) is 0.226. The molecule has 0 aliphatic rings. The molecule has 0 aliphatic carbocycles. The average molecular weight is 175 g/mol. The zero-order chi connectivity index (χ0) is 4.71. The van der Waals surface area contributed by atoms with Crippen molar-refractivity contribution in [3.63, 3.8) is 0 Å². The molecular formula is H5AlClNNa2O3. The fourth-order valence-corrected chi connectivity index (χ4v) is 0.